The van der Waals surface area contributed by atoms with Crippen molar-refractivity contribution >= 4 is 45.8 Å². The number of anilines is 1. The van der Waals surface area contributed by atoms with Gasteiger partial charge in [-0.25, -0.2) is 9.18 Å². The number of fused-ring (bicyclic) bond motifs is 1. The van der Waals surface area contributed by atoms with Crippen molar-refractivity contribution < 1.29 is 23.6 Å². The number of hydrogen-bond acceptors (Lipinski definition) is 6. The predicted molar refractivity (Wildman–Crippen MR) is 103 cm³/mol. The first-order valence-corrected chi connectivity index (χ1v) is 8.60. The summed E-state index contributed by atoms with van der Waals surface area (Å²) in [5, 5.41) is 14.0. The molecular formula is C19H13ClFN3O5. The number of halogens is 2. The fraction of sp³-hybridized carbons (Fsp3) is 0.105. The molecule has 1 aromatic heterocycles. The number of benzene rings is 2. The Morgan fingerprint density at radius 2 is 2.00 bits per heavy atom. The third-order valence-corrected chi connectivity index (χ3v) is 4.19. The number of pyridine rings is 1. The Morgan fingerprint density at radius 1 is 1.24 bits per heavy atom. The number of rotatable bonds is 5. The van der Waals surface area contributed by atoms with E-state index in [-0.39, 0.29) is 5.56 Å². The normalized spacial score (nSPS) is 10.6. The third-order valence-electron chi connectivity index (χ3n) is 3.96. The molecule has 3 rings (SSSR count). The summed E-state index contributed by atoms with van der Waals surface area (Å²) < 4.78 is 18.7. The van der Waals surface area contributed by atoms with Gasteiger partial charge in [-0.2, -0.15) is 0 Å². The monoisotopic (exact) mass is 417 g/mol. The molecule has 0 saturated heterocycles. The van der Waals surface area contributed by atoms with Crippen LogP contribution < -0.4 is 5.32 Å². The van der Waals surface area contributed by atoms with E-state index in [0.717, 1.165) is 18.2 Å². The van der Waals surface area contributed by atoms with E-state index in [1.165, 1.54) is 0 Å². The highest BCUT2D eigenvalue weighted by atomic mass is 35.5. The quantitative estimate of drug-likeness (QED) is 0.381. The average molecular weight is 418 g/mol. The van der Waals surface area contributed by atoms with Crippen LogP contribution in [-0.4, -0.2) is 28.4 Å². The van der Waals surface area contributed by atoms with E-state index in [2.05, 4.69) is 10.3 Å². The number of ether oxygens (including phenoxy) is 1. The number of nitrogens with zero attached hydrogens (tertiary/aromatic N) is 2. The van der Waals surface area contributed by atoms with E-state index in [1.54, 1.807) is 31.2 Å². The number of carbonyl (C=O) groups is 2. The van der Waals surface area contributed by atoms with Crippen LogP contribution in [0.1, 0.15) is 16.1 Å². The number of aryl methyl sites for hydroxylation is 1. The smallest absolute Gasteiger partial charge is 0.340 e. The summed E-state index contributed by atoms with van der Waals surface area (Å²) >= 11 is 5.94. The van der Waals surface area contributed by atoms with Crippen LogP contribution >= 0.6 is 11.6 Å². The second kappa shape index (κ2) is 8.19. The molecule has 0 aliphatic carbocycles. The summed E-state index contributed by atoms with van der Waals surface area (Å²) in [5.74, 6) is -2.51. The number of nitro benzene ring substituents is 1. The highest BCUT2D eigenvalue weighted by Crippen LogP contribution is 2.22. The van der Waals surface area contributed by atoms with Crippen molar-refractivity contribution in [2.24, 2.45) is 0 Å². The molecule has 0 radical (unpaired) electrons. The van der Waals surface area contributed by atoms with Gasteiger partial charge in [-0.3, -0.25) is 19.9 Å². The molecule has 10 heteroatoms. The summed E-state index contributed by atoms with van der Waals surface area (Å²) in [5.41, 5.74) is 0.403. The Balaban J connectivity index is 1.70. The first-order chi connectivity index (χ1) is 13.7. The maximum Gasteiger partial charge on any atom is 0.340 e. The summed E-state index contributed by atoms with van der Waals surface area (Å²) in [4.78, 5) is 38.6. The summed E-state index contributed by atoms with van der Waals surface area (Å²) in [6.07, 6.45) is 0. The number of nitro groups is 1. The second-order valence-electron chi connectivity index (χ2n) is 6.00. The Labute approximate surface area is 168 Å². The molecule has 1 N–H and O–H groups in total. The summed E-state index contributed by atoms with van der Waals surface area (Å²) in [6.45, 7) is 0.900. The van der Waals surface area contributed by atoms with Crippen molar-refractivity contribution in [1.82, 2.24) is 4.98 Å². The fourth-order valence-corrected chi connectivity index (χ4v) is 2.75. The van der Waals surface area contributed by atoms with E-state index in [1.807, 2.05) is 0 Å². The molecule has 0 aliphatic heterocycles. The van der Waals surface area contributed by atoms with Crippen molar-refractivity contribution in [2.75, 3.05) is 11.9 Å². The van der Waals surface area contributed by atoms with E-state index in [4.69, 9.17) is 16.3 Å². The van der Waals surface area contributed by atoms with Crippen molar-refractivity contribution in [3.05, 3.63) is 74.7 Å². The van der Waals surface area contributed by atoms with Crippen molar-refractivity contribution in [3.8, 4) is 0 Å². The van der Waals surface area contributed by atoms with Crippen LogP contribution in [-0.2, 0) is 9.53 Å². The molecule has 2 aromatic carbocycles. The van der Waals surface area contributed by atoms with Gasteiger partial charge in [-0.15, -0.1) is 0 Å². The zero-order valence-electron chi connectivity index (χ0n) is 14.9. The number of hydrogen-bond donors (Lipinski definition) is 1. The molecule has 3 aromatic rings. The minimum atomic E-state index is -0.860. The van der Waals surface area contributed by atoms with Gasteiger partial charge < -0.3 is 10.1 Å². The van der Waals surface area contributed by atoms with Crippen LogP contribution in [0.3, 0.4) is 0 Å². The van der Waals surface area contributed by atoms with Crippen LogP contribution in [0.4, 0.5) is 15.8 Å². The van der Waals surface area contributed by atoms with Crippen LogP contribution in [0.25, 0.3) is 10.9 Å². The van der Waals surface area contributed by atoms with Gasteiger partial charge in [0.2, 0.25) is 0 Å². The number of nitrogens with one attached hydrogen (secondary N) is 1. The van der Waals surface area contributed by atoms with E-state index < -0.39 is 40.6 Å². The Kier molecular flexibility index (Phi) is 5.69. The number of aromatic nitrogens is 1. The van der Waals surface area contributed by atoms with Crippen molar-refractivity contribution in [2.45, 2.75) is 6.92 Å². The lowest BCUT2D eigenvalue weighted by atomic mass is 10.1. The van der Waals surface area contributed by atoms with Gasteiger partial charge in [-0.05, 0) is 37.3 Å². The van der Waals surface area contributed by atoms with E-state index >= 15 is 0 Å². The van der Waals surface area contributed by atoms with Gasteiger partial charge in [-0.1, -0.05) is 11.6 Å². The van der Waals surface area contributed by atoms with Crippen molar-refractivity contribution in [3.63, 3.8) is 0 Å². The van der Waals surface area contributed by atoms with Crippen LogP contribution in [0.5, 0.6) is 0 Å². The molecule has 1 amide bonds. The molecule has 1 heterocycles. The maximum absolute atomic E-state index is 13.7. The average Bonchev–Trinajstić information content (AvgIpc) is 2.67. The topological polar surface area (TPSA) is 111 Å². The number of carbonyl (C=O) groups excluding carboxylic acids is 2. The first kappa shape index (κ1) is 20.2. The lowest BCUT2D eigenvalue weighted by Gasteiger charge is -2.09. The van der Waals surface area contributed by atoms with Gasteiger partial charge >= 0.3 is 5.97 Å². The maximum atomic E-state index is 13.7. The zero-order valence-corrected chi connectivity index (χ0v) is 15.7. The highest BCUT2D eigenvalue weighted by Gasteiger charge is 2.17. The standard InChI is InChI=1S/C19H13ClFN3O5/c1-10-14(7-11-6-12(20)2-5-16(11)22-10)19(26)29-9-18(25)23-17-8-13(24(27)28)3-4-15(17)21/h2-8H,9H2,1H3,(H,23,25). The SMILES string of the molecule is Cc1nc2ccc(Cl)cc2cc1C(=O)OCC(=O)Nc1cc([N+](=O)[O-])ccc1F. The summed E-state index contributed by atoms with van der Waals surface area (Å²) in [7, 11) is 0. The molecule has 0 spiro atoms. The number of non-ortho nitro benzene ring substituents is 1. The zero-order chi connectivity index (χ0) is 21.1. The molecule has 0 aliphatic rings. The molecule has 0 fully saturated rings. The second-order valence-corrected chi connectivity index (χ2v) is 6.44. The lowest BCUT2D eigenvalue weighted by molar-refractivity contribution is -0.384. The number of esters is 1. The Bertz CT molecular complexity index is 1150. The molecule has 0 unspecified atom stereocenters. The van der Waals surface area contributed by atoms with Crippen molar-refractivity contribution in [1.29, 1.82) is 0 Å². The Hall–Kier alpha value is -3.59. The van der Waals surface area contributed by atoms with Gasteiger partial charge in [0.05, 0.1) is 27.4 Å². The lowest BCUT2D eigenvalue weighted by Crippen LogP contribution is -2.22. The van der Waals surface area contributed by atoms with Crippen LogP contribution in [0.15, 0.2) is 42.5 Å². The highest BCUT2D eigenvalue weighted by molar-refractivity contribution is 6.31. The molecule has 0 saturated carbocycles. The minimum absolute atomic E-state index is 0.147. The molecular weight excluding hydrogens is 405 g/mol. The fourth-order valence-electron chi connectivity index (χ4n) is 2.57. The molecule has 148 valence electrons. The largest absolute Gasteiger partial charge is 0.452 e. The van der Waals surface area contributed by atoms with Gasteiger partial charge in [0, 0.05) is 22.5 Å². The van der Waals surface area contributed by atoms with Gasteiger partial charge in [0.25, 0.3) is 11.6 Å². The molecule has 0 atom stereocenters. The molecule has 0 bridgehead atoms. The predicted octanol–water partition coefficient (Wildman–Crippen LogP) is 4.04. The summed E-state index contributed by atoms with van der Waals surface area (Å²) in [6, 6.07) is 9.26. The van der Waals surface area contributed by atoms with Gasteiger partial charge in [0.1, 0.15) is 5.82 Å². The van der Waals surface area contributed by atoms with Crippen LogP contribution in [0, 0.1) is 22.9 Å². The number of amides is 1. The van der Waals surface area contributed by atoms with E-state index in [0.29, 0.717) is 21.6 Å². The first-order valence-electron chi connectivity index (χ1n) is 8.22. The third kappa shape index (κ3) is 4.64. The molecule has 8 nitrogen and oxygen atoms in total. The Morgan fingerprint density at radius 3 is 2.72 bits per heavy atom. The molecule has 29 heavy (non-hydrogen) atoms. The van der Waals surface area contributed by atoms with E-state index in [9.17, 15) is 24.1 Å². The minimum Gasteiger partial charge on any atom is -0.452 e. The van der Waals surface area contributed by atoms with Gasteiger partial charge in [0.15, 0.2) is 6.61 Å². The van der Waals surface area contributed by atoms with Crippen LogP contribution in [0.2, 0.25) is 5.02 Å².